The van der Waals surface area contributed by atoms with E-state index in [1.165, 1.54) is 38.5 Å². The highest BCUT2D eigenvalue weighted by Gasteiger charge is 2.03. The molecule has 0 aromatic carbocycles. The Hall–Kier alpha value is -0.200. The van der Waals surface area contributed by atoms with Crippen molar-refractivity contribution in [2.75, 3.05) is 33.3 Å². The van der Waals surface area contributed by atoms with Crippen molar-refractivity contribution < 1.29 is 4.74 Å². The molecule has 0 radical (unpaired) electrons. The predicted molar refractivity (Wildman–Crippen MR) is 88.6 cm³/mol. The molecule has 0 bridgehead atoms. The summed E-state index contributed by atoms with van der Waals surface area (Å²) in [5.41, 5.74) is 21.4. The molecule has 0 aliphatic carbocycles. The highest BCUT2D eigenvalue weighted by Crippen LogP contribution is 2.03. The second-order valence-electron chi connectivity index (χ2n) is 5.06. The summed E-state index contributed by atoms with van der Waals surface area (Å²) >= 11 is 0. The molecule has 5 nitrogen and oxygen atoms in total. The summed E-state index contributed by atoms with van der Waals surface area (Å²) in [7, 11) is 1.72. The molecule has 0 heterocycles. The van der Waals surface area contributed by atoms with E-state index < -0.39 is 0 Å². The molecule has 0 aromatic rings. The fraction of sp³-hybridized carbons (Fsp3) is 1.00. The lowest BCUT2D eigenvalue weighted by atomic mass is 10.1. The molecule has 0 aliphatic heterocycles. The van der Waals surface area contributed by atoms with Gasteiger partial charge in [0.25, 0.3) is 0 Å². The summed E-state index contributed by atoms with van der Waals surface area (Å²) < 4.78 is 5.16. The van der Waals surface area contributed by atoms with Crippen molar-refractivity contribution in [1.82, 2.24) is 0 Å². The fourth-order valence-electron chi connectivity index (χ4n) is 1.91. The molecule has 0 spiro atoms. The Balaban J connectivity index is 0. The monoisotopic (exact) mass is 290 g/mol. The van der Waals surface area contributed by atoms with Crippen molar-refractivity contribution in [1.29, 1.82) is 0 Å². The predicted octanol–water partition coefficient (Wildman–Crippen LogP) is 1.33. The molecule has 5 heteroatoms. The Morgan fingerprint density at radius 2 is 1.05 bits per heavy atom. The van der Waals surface area contributed by atoms with Gasteiger partial charge >= 0.3 is 0 Å². The topological polar surface area (TPSA) is 113 Å². The smallest absolute Gasteiger partial charge is 0.0583 e. The molecule has 0 saturated heterocycles. The molecule has 20 heavy (non-hydrogen) atoms. The highest BCUT2D eigenvalue weighted by atomic mass is 16.5. The molecule has 0 aliphatic rings. The number of nitrogens with two attached hydrogens (primary N) is 4. The molecule has 0 aromatic heterocycles. The van der Waals surface area contributed by atoms with Crippen molar-refractivity contribution in [3.63, 3.8) is 0 Å². The van der Waals surface area contributed by atoms with E-state index in [4.69, 9.17) is 27.7 Å². The minimum atomic E-state index is 0.313. The second-order valence-corrected chi connectivity index (χ2v) is 5.06. The Morgan fingerprint density at radius 3 is 1.40 bits per heavy atom. The van der Waals surface area contributed by atoms with Crippen LogP contribution in [-0.4, -0.2) is 39.4 Å². The third kappa shape index (κ3) is 20.1. The van der Waals surface area contributed by atoms with Gasteiger partial charge in [-0.05, 0) is 58.3 Å². The zero-order valence-corrected chi connectivity index (χ0v) is 13.5. The minimum absolute atomic E-state index is 0.313. The molecule has 0 fully saturated rings. The quantitative estimate of drug-likeness (QED) is 0.382. The van der Waals surface area contributed by atoms with Gasteiger partial charge in [-0.3, -0.25) is 0 Å². The first-order valence-corrected chi connectivity index (χ1v) is 8.09. The van der Waals surface area contributed by atoms with Gasteiger partial charge in [0.1, 0.15) is 0 Å². The lowest BCUT2D eigenvalue weighted by Crippen LogP contribution is -2.17. The zero-order chi connectivity index (χ0) is 15.5. The molecule has 0 rings (SSSR count). The van der Waals surface area contributed by atoms with Crippen LogP contribution < -0.4 is 22.9 Å². The van der Waals surface area contributed by atoms with Gasteiger partial charge in [0.2, 0.25) is 0 Å². The van der Waals surface area contributed by atoms with Crippen LogP contribution in [0.5, 0.6) is 0 Å². The maximum absolute atomic E-state index is 5.37. The van der Waals surface area contributed by atoms with Gasteiger partial charge in [-0.15, -0.1) is 0 Å². The van der Waals surface area contributed by atoms with E-state index in [0.29, 0.717) is 12.6 Å². The third-order valence-corrected chi connectivity index (χ3v) is 3.21. The second kappa shape index (κ2) is 21.1. The maximum Gasteiger partial charge on any atom is 0.0583 e. The summed E-state index contributed by atoms with van der Waals surface area (Å²) in [4.78, 5) is 0. The van der Waals surface area contributed by atoms with Crippen LogP contribution >= 0.6 is 0 Å². The number of ether oxygens (including phenoxy) is 1. The van der Waals surface area contributed by atoms with Crippen LogP contribution in [0.2, 0.25) is 0 Å². The van der Waals surface area contributed by atoms with Crippen LogP contribution in [-0.2, 0) is 4.74 Å². The average Bonchev–Trinajstić information content (AvgIpc) is 2.48. The fourth-order valence-corrected chi connectivity index (χ4v) is 1.91. The van der Waals surface area contributed by atoms with E-state index in [-0.39, 0.29) is 0 Å². The van der Waals surface area contributed by atoms with Crippen LogP contribution in [0.15, 0.2) is 0 Å². The van der Waals surface area contributed by atoms with Gasteiger partial charge in [0.15, 0.2) is 0 Å². The first-order chi connectivity index (χ1) is 9.76. The highest BCUT2D eigenvalue weighted by molar-refractivity contribution is 4.58. The van der Waals surface area contributed by atoms with Gasteiger partial charge < -0.3 is 27.7 Å². The van der Waals surface area contributed by atoms with Gasteiger partial charge in [-0.1, -0.05) is 25.7 Å². The lowest BCUT2D eigenvalue weighted by molar-refractivity contribution is 0.0888. The van der Waals surface area contributed by atoms with Crippen molar-refractivity contribution in [3.05, 3.63) is 0 Å². The van der Waals surface area contributed by atoms with E-state index in [2.05, 4.69) is 0 Å². The molecular formula is C15H38N4O. The standard InChI is InChI=1S/C8H20N2.C7H18N2O/c9-7-5-3-1-2-4-6-8-10;1-10-7(4-6-9)3-2-5-8/h1-10H2;7H,2-6,8-9H2,1H3. The third-order valence-electron chi connectivity index (χ3n) is 3.21. The van der Waals surface area contributed by atoms with Crippen LogP contribution in [0.25, 0.3) is 0 Å². The normalized spacial score (nSPS) is 11.8. The van der Waals surface area contributed by atoms with E-state index in [9.17, 15) is 0 Å². The molecule has 1 atom stereocenters. The van der Waals surface area contributed by atoms with Crippen LogP contribution in [0.1, 0.15) is 57.8 Å². The molecule has 0 amide bonds. The van der Waals surface area contributed by atoms with Gasteiger partial charge in [0, 0.05) is 7.11 Å². The number of methoxy groups -OCH3 is 1. The Morgan fingerprint density at radius 1 is 0.600 bits per heavy atom. The van der Waals surface area contributed by atoms with Crippen LogP contribution in [0, 0.1) is 0 Å². The minimum Gasteiger partial charge on any atom is -0.381 e. The zero-order valence-electron chi connectivity index (χ0n) is 13.5. The molecule has 124 valence electrons. The Kier molecular flexibility index (Phi) is 23.3. The van der Waals surface area contributed by atoms with Crippen molar-refractivity contribution in [2.45, 2.75) is 63.9 Å². The summed E-state index contributed by atoms with van der Waals surface area (Å²) in [6.07, 6.45) is 10.9. The van der Waals surface area contributed by atoms with Crippen LogP contribution in [0.4, 0.5) is 0 Å². The number of rotatable bonds is 13. The summed E-state index contributed by atoms with van der Waals surface area (Å²) in [5, 5.41) is 0. The van der Waals surface area contributed by atoms with Gasteiger partial charge in [-0.2, -0.15) is 0 Å². The Bertz CT molecular complexity index is 151. The van der Waals surface area contributed by atoms with E-state index in [0.717, 1.165) is 38.9 Å². The Labute approximate surface area is 125 Å². The van der Waals surface area contributed by atoms with E-state index in [1.54, 1.807) is 7.11 Å². The molecular weight excluding hydrogens is 252 g/mol. The molecule has 8 N–H and O–H groups in total. The number of hydrogen-bond donors (Lipinski definition) is 4. The first kappa shape index (κ1) is 22.1. The van der Waals surface area contributed by atoms with E-state index >= 15 is 0 Å². The maximum atomic E-state index is 5.37. The largest absolute Gasteiger partial charge is 0.381 e. The summed E-state index contributed by atoms with van der Waals surface area (Å²) in [6, 6.07) is 0. The number of hydrogen-bond acceptors (Lipinski definition) is 5. The van der Waals surface area contributed by atoms with Crippen LogP contribution in [0.3, 0.4) is 0 Å². The van der Waals surface area contributed by atoms with Gasteiger partial charge in [0.05, 0.1) is 6.10 Å². The SMILES string of the molecule is COC(CCN)CCCN.NCCCCCCCCN. The van der Waals surface area contributed by atoms with Crippen molar-refractivity contribution in [3.8, 4) is 0 Å². The molecule has 1 unspecified atom stereocenters. The molecule has 0 saturated carbocycles. The summed E-state index contributed by atoms with van der Waals surface area (Å²) in [6.45, 7) is 3.13. The average molecular weight is 290 g/mol. The summed E-state index contributed by atoms with van der Waals surface area (Å²) in [5.74, 6) is 0. The lowest BCUT2D eigenvalue weighted by Gasteiger charge is -2.12. The van der Waals surface area contributed by atoms with Gasteiger partial charge in [-0.25, -0.2) is 0 Å². The number of unbranched alkanes of at least 4 members (excludes halogenated alkanes) is 5. The van der Waals surface area contributed by atoms with Crippen molar-refractivity contribution in [2.24, 2.45) is 22.9 Å². The first-order valence-electron chi connectivity index (χ1n) is 8.09. The van der Waals surface area contributed by atoms with Crippen molar-refractivity contribution >= 4 is 0 Å². The van der Waals surface area contributed by atoms with E-state index in [1.807, 2.05) is 0 Å².